The SMILES string of the molecule is CCCCOC(C)OC(=O)c1cccc(C(=O)O)c1. The molecule has 1 aromatic rings. The van der Waals surface area contributed by atoms with Crippen molar-refractivity contribution in [3.63, 3.8) is 0 Å². The molecule has 0 heterocycles. The molecule has 0 aromatic heterocycles. The molecule has 0 spiro atoms. The van der Waals surface area contributed by atoms with Crippen molar-refractivity contribution in [2.45, 2.75) is 33.0 Å². The molecule has 0 aliphatic heterocycles. The molecule has 0 radical (unpaired) electrons. The van der Waals surface area contributed by atoms with Gasteiger partial charge in [0.05, 0.1) is 17.7 Å². The van der Waals surface area contributed by atoms with Gasteiger partial charge in [-0.1, -0.05) is 19.4 Å². The van der Waals surface area contributed by atoms with Crippen molar-refractivity contribution >= 4 is 11.9 Å². The van der Waals surface area contributed by atoms with Gasteiger partial charge in [0.25, 0.3) is 0 Å². The maximum atomic E-state index is 11.8. The van der Waals surface area contributed by atoms with Crippen LogP contribution in [0.25, 0.3) is 0 Å². The van der Waals surface area contributed by atoms with Gasteiger partial charge in [-0.15, -0.1) is 0 Å². The summed E-state index contributed by atoms with van der Waals surface area (Å²) in [5.74, 6) is -1.67. The summed E-state index contributed by atoms with van der Waals surface area (Å²) in [6, 6.07) is 5.71. The molecule has 1 rings (SSSR count). The van der Waals surface area contributed by atoms with Crippen LogP contribution in [0.1, 0.15) is 47.4 Å². The Morgan fingerprint density at radius 3 is 2.63 bits per heavy atom. The number of aromatic carboxylic acids is 1. The van der Waals surface area contributed by atoms with E-state index >= 15 is 0 Å². The van der Waals surface area contributed by atoms with Gasteiger partial charge >= 0.3 is 11.9 Å². The first-order chi connectivity index (χ1) is 9.04. The van der Waals surface area contributed by atoms with Crippen LogP contribution in [-0.2, 0) is 9.47 Å². The van der Waals surface area contributed by atoms with Gasteiger partial charge in [0.1, 0.15) is 0 Å². The minimum Gasteiger partial charge on any atom is -0.478 e. The summed E-state index contributed by atoms with van der Waals surface area (Å²) in [4.78, 5) is 22.6. The number of hydrogen-bond donors (Lipinski definition) is 1. The first-order valence-electron chi connectivity index (χ1n) is 6.20. The van der Waals surface area contributed by atoms with Crippen LogP contribution in [0.2, 0.25) is 0 Å². The van der Waals surface area contributed by atoms with Crippen molar-refractivity contribution in [3.8, 4) is 0 Å². The summed E-state index contributed by atoms with van der Waals surface area (Å²) in [7, 11) is 0. The van der Waals surface area contributed by atoms with Crippen LogP contribution in [0.3, 0.4) is 0 Å². The summed E-state index contributed by atoms with van der Waals surface area (Å²) < 4.78 is 10.4. The van der Waals surface area contributed by atoms with Crippen molar-refractivity contribution in [2.24, 2.45) is 0 Å². The third kappa shape index (κ3) is 5.09. The maximum Gasteiger partial charge on any atom is 0.340 e. The Hall–Kier alpha value is -1.88. The van der Waals surface area contributed by atoms with Crippen molar-refractivity contribution in [1.82, 2.24) is 0 Å². The fourth-order valence-corrected chi connectivity index (χ4v) is 1.43. The summed E-state index contributed by atoms with van der Waals surface area (Å²) >= 11 is 0. The molecular weight excluding hydrogens is 248 g/mol. The van der Waals surface area contributed by atoms with E-state index in [1.807, 2.05) is 6.92 Å². The van der Waals surface area contributed by atoms with E-state index in [1.165, 1.54) is 24.3 Å². The average molecular weight is 266 g/mol. The number of esters is 1. The van der Waals surface area contributed by atoms with E-state index in [4.69, 9.17) is 14.6 Å². The largest absolute Gasteiger partial charge is 0.478 e. The fraction of sp³-hybridized carbons (Fsp3) is 0.429. The number of benzene rings is 1. The molecule has 0 aliphatic carbocycles. The third-order valence-corrected chi connectivity index (χ3v) is 2.47. The summed E-state index contributed by atoms with van der Waals surface area (Å²) in [6.45, 7) is 4.20. The number of carbonyl (C=O) groups excluding carboxylic acids is 1. The molecule has 1 aromatic carbocycles. The van der Waals surface area contributed by atoms with Crippen LogP contribution in [0.4, 0.5) is 0 Å². The zero-order chi connectivity index (χ0) is 14.3. The highest BCUT2D eigenvalue weighted by molar-refractivity contribution is 5.94. The lowest BCUT2D eigenvalue weighted by Gasteiger charge is -2.14. The molecule has 19 heavy (non-hydrogen) atoms. The minimum atomic E-state index is -1.08. The Balaban J connectivity index is 2.57. The molecule has 1 N–H and O–H groups in total. The second-order valence-corrected chi connectivity index (χ2v) is 4.08. The Labute approximate surface area is 112 Å². The molecule has 5 nitrogen and oxygen atoms in total. The molecule has 0 aliphatic rings. The lowest BCUT2D eigenvalue weighted by molar-refractivity contribution is -0.0985. The Morgan fingerprint density at radius 2 is 2.00 bits per heavy atom. The quantitative estimate of drug-likeness (QED) is 0.466. The third-order valence-electron chi connectivity index (χ3n) is 2.47. The van der Waals surface area contributed by atoms with E-state index in [-0.39, 0.29) is 11.1 Å². The van der Waals surface area contributed by atoms with Gasteiger partial charge < -0.3 is 14.6 Å². The average Bonchev–Trinajstić information content (AvgIpc) is 2.39. The molecule has 0 saturated carbocycles. The van der Waals surface area contributed by atoms with Gasteiger partial charge in [-0.25, -0.2) is 9.59 Å². The van der Waals surface area contributed by atoms with Crippen LogP contribution in [0.5, 0.6) is 0 Å². The Kier molecular flexibility index (Phi) is 6.02. The zero-order valence-electron chi connectivity index (χ0n) is 11.1. The summed E-state index contributed by atoms with van der Waals surface area (Å²) in [6.07, 6.45) is 1.25. The molecule has 1 atom stereocenters. The molecule has 0 saturated heterocycles. The molecule has 104 valence electrons. The predicted molar refractivity (Wildman–Crippen MR) is 69.1 cm³/mol. The van der Waals surface area contributed by atoms with Gasteiger partial charge in [0.2, 0.25) is 0 Å². The lowest BCUT2D eigenvalue weighted by Crippen LogP contribution is -2.19. The molecule has 0 bridgehead atoms. The van der Waals surface area contributed by atoms with Crippen molar-refractivity contribution in [1.29, 1.82) is 0 Å². The standard InChI is InChI=1S/C14H18O5/c1-3-4-8-18-10(2)19-14(17)12-7-5-6-11(9-12)13(15)16/h5-7,9-10H,3-4,8H2,1-2H3,(H,15,16). The van der Waals surface area contributed by atoms with E-state index in [2.05, 4.69) is 0 Å². The van der Waals surface area contributed by atoms with Gasteiger partial charge in [0.15, 0.2) is 6.29 Å². The Morgan fingerprint density at radius 1 is 1.32 bits per heavy atom. The van der Waals surface area contributed by atoms with Crippen LogP contribution in [0.15, 0.2) is 24.3 Å². The molecular formula is C14H18O5. The summed E-state index contributed by atoms with van der Waals surface area (Å²) in [5, 5.41) is 8.84. The first kappa shape index (κ1) is 15.2. The second kappa shape index (κ2) is 7.53. The van der Waals surface area contributed by atoms with E-state index in [0.29, 0.717) is 6.61 Å². The van der Waals surface area contributed by atoms with Crippen molar-refractivity contribution in [3.05, 3.63) is 35.4 Å². The van der Waals surface area contributed by atoms with Crippen molar-refractivity contribution in [2.75, 3.05) is 6.61 Å². The van der Waals surface area contributed by atoms with Gasteiger partial charge in [-0.2, -0.15) is 0 Å². The van der Waals surface area contributed by atoms with Crippen molar-refractivity contribution < 1.29 is 24.2 Å². The number of rotatable bonds is 7. The number of carbonyl (C=O) groups is 2. The van der Waals surface area contributed by atoms with Crippen LogP contribution in [-0.4, -0.2) is 29.9 Å². The Bertz CT molecular complexity index is 441. The molecule has 5 heteroatoms. The highest BCUT2D eigenvalue weighted by Gasteiger charge is 2.14. The van der Waals surface area contributed by atoms with Gasteiger partial charge in [-0.3, -0.25) is 0 Å². The van der Waals surface area contributed by atoms with Crippen LogP contribution in [0, 0.1) is 0 Å². The van der Waals surface area contributed by atoms with Gasteiger partial charge in [0, 0.05) is 0 Å². The highest BCUT2D eigenvalue weighted by atomic mass is 16.7. The van der Waals surface area contributed by atoms with E-state index in [0.717, 1.165) is 12.8 Å². The van der Waals surface area contributed by atoms with Gasteiger partial charge in [-0.05, 0) is 31.5 Å². The lowest BCUT2D eigenvalue weighted by atomic mass is 10.1. The summed E-state index contributed by atoms with van der Waals surface area (Å²) in [5.41, 5.74) is 0.250. The van der Waals surface area contributed by atoms with E-state index in [1.54, 1.807) is 6.92 Å². The highest BCUT2D eigenvalue weighted by Crippen LogP contribution is 2.09. The van der Waals surface area contributed by atoms with Crippen LogP contribution < -0.4 is 0 Å². The monoisotopic (exact) mass is 266 g/mol. The predicted octanol–water partition coefficient (Wildman–Crippen LogP) is 2.70. The second-order valence-electron chi connectivity index (χ2n) is 4.08. The number of hydrogen-bond acceptors (Lipinski definition) is 4. The van der Waals surface area contributed by atoms with Crippen LogP contribution >= 0.6 is 0 Å². The van der Waals surface area contributed by atoms with E-state index < -0.39 is 18.2 Å². The maximum absolute atomic E-state index is 11.8. The topological polar surface area (TPSA) is 72.8 Å². The zero-order valence-corrected chi connectivity index (χ0v) is 11.1. The number of carboxylic acid groups (broad SMARTS) is 1. The number of ether oxygens (including phenoxy) is 2. The smallest absolute Gasteiger partial charge is 0.340 e. The van der Waals surface area contributed by atoms with E-state index in [9.17, 15) is 9.59 Å². The molecule has 1 unspecified atom stereocenters. The molecule has 0 amide bonds. The number of carboxylic acids is 1. The molecule has 0 fully saturated rings. The number of unbranched alkanes of at least 4 members (excludes halogenated alkanes) is 1. The fourth-order valence-electron chi connectivity index (χ4n) is 1.43. The normalized spacial score (nSPS) is 11.9. The first-order valence-corrected chi connectivity index (χ1v) is 6.20. The minimum absolute atomic E-state index is 0.0500.